The van der Waals surface area contributed by atoms with Crippen LogP contribution in [0.4, 0.5) is 0 Å². The molecular formula is C13H24N2O3. The summed E-state index contributed by atoms with van der Waals surface area (Å²) in [6.07, 6.45) is 0.902. The van der Waals surface area contributed by atoms with E-state index in [0.29, 0.717) is 13.1 Å². The summed E-state index contributed by atoms with van der Waals surface area (Å²) in [7, 11) is 2.02. The normalized spacial score (nSPS) is 20.3. The molecule has 1 N–H and O–H groups in total. The largest absolute Gasteiger partial charge is 0.481 e. The van der Waals surface area contributed by atoms with Crippen molar-refractivity contribution in [1.29, 1.82) is 0 Å². The number of nitrogens with zero attached hydrogens (tertiary/aromatic N) is 2. The first-order chi connectivity index (χ1) is 8.23. The van der Waals surface area contributed by atoms with E-state index in [1.807, 2.05) is 7.05 Å². The molecule has 1 heterocycles. The van der Waals surface area contributed by atoms with Crippen LogP contribution in [0, 0.1) is 11.3 Å². The summed E-state index contributed by atoms with van der Waals surface area (Å²) in [6.45, 7) is 8.44. The van der Waals surface area contributed by atoms with Crippen molar-refractivity contribution >= 4 is 11.9 Å². The molecule has 1 rings (SSSR count). The van der Waals surface area contributed by atoms with Crippen molar-refractivity contribution in [3.8, 4) is 0 Å². The molecule has 0 aromatic carbocycles. The molecule has 0 saturated carbocycles. The number of rotatable bonds is 2. The van der Waals surface area contributed by atoms with Gasteiger partial charge in [-0.05, 0) is 25.4 Å². The minimum absolute atomic E-state index is 0.245. The molecule has 1 fully saturated rings. The van der Waals surface area contributed by atoms with Gasteiger partial charge in [-0.2, -0.15) is 0 Å². The summed E-state index contributed by atoms with van der Waals surface area (Å²) in [6, 6.07) is 0. The first-order valence-electron chi connectivity index (χ1n) is 6.43. The van der Waals surface area contributed by atoms with E-state index >= 15 is 0 Å². The average molecular weight is 256 g/mol. The first kappa shape index (κ1) is 15.0. The molecule has 5 nitrogen and oxygen atoms in total. The van der Waals surface area contributed by atoms with Crippen molar-refractivity contribution < 1.29 is 14.7 Å². The standard InChI is InChI=1S/C13H24N2O3/c1-13(2,3)10(12(17)18)11(16)15-7-5-6-14(4)8-9-15/h10H,5-9H2,1-4H3,(H,17,18). The summed E-state index contributed by atoms with van der Waals surface area (Å²) in [5.74, 6) is -2.23. The fourth-order valence-corrected chi connectivity index (χ4v) is 2.30. The molecule has 0 spiro atoms. The van der Waals surface area contributed by atoms with Crippen LogP contribution in [0.2, 0.25) is 0 Å². The van der Waals surface area contributed by atoms with Crippen molar-refractivity contribution in [2.24, 2.45) is 11.3 Å². The van der Waals surface area contributed by atoms with Crippen LogP contribution in [0.25, 0.3) is 0 Å². The molecule has 0 aliphatic carbocycles. The minimum atomic E-state index is -1.02. The molecule has 1 amide bonds. The number of carboxylic acid groups (broad SMARTS) is 1. The van der Waals surface area contributed by atoms with Gasteiger partial charge in [-0.15, -0.1) is 0 Å². The van der Waals surface area contributed by atoms with Gasteiger partial charge in [0.25, 0.3) is 0 Å². The number of carbonyl (C=O) groups is 2. The lowest BCUT2D eigenvalue weighted by Gasteiger charge is -2.31. The number of carboxylic acids is 1. The Morgan fingerprint density at radius 3 is 2.22 bits per heavy atom. The fraction of sp³-hybridized carbons (Fsp3) is 0.846. The number of hydrogen-bond donors (Lipinski definition) is 1. The van der Waals surface area contributed by atoms with Crippen LogP contribution >= 0.6 is 0 Å². The van der Waals surface area contributed by atoms with Crippen LogP contribution in [0.15, 0.2) is 0 Å². The third kappa shape index (κ3) is 3.70. The molecule has 104 valence electrons. The highest BCUT2D eigenvalue weighted by atomic mass is 16.4. The first-order valence-corrected chi connectivity index (χ1v) is 6.43. The third-order valence-electron chi connectivity index (χ3n) is 3.39. The Labute approximate surface area is 109 Å². The molecule has 0 radical (unpaired) electrons. The van der Waals surface area contributed by atoms with Gasteiger partial charge in [0.05, 0.1) is 0 Å². The van der Waals surface area contributed by atoms with Crippen LogP contribution in [-0.4, -0.2) is 60.0 Å². The summed E-state index contributed by atoms with van der Waals surface area (Å²) in [5.41, 5.74) is -0.554. The minimum Gasteiger partial charge on any atom is -0.481 e. The van der Waals surface area contributed by atoms with Gasteiger partial charge in [-0.1, -0.05) is 20.8 Å². The highest BCUT2D eigenvalue weighted by molar-refractivity contribution is 5.97. The van der Waals surface area contributed by atoms with E-state index in [-0.39, 0.29) is 5.91 Å². The van der Waals surface area contributed by atoms with Crippen LogP contribution in [-0.2, 0) is 9.59 Å². The van der Waals surface area contributed by atoms with Crippen LogP contribution in [0.5, 0.6) is 0 Å². The van der Waals surface area contributed by atoms with E-state index in [4.69, 9.17) is 0 Å². The van der Waals surface area contributed by atoms with Crippen molar-refractivity contribution in [3.05, 3.63) is 0 Å². The Balaban J connectivity index is 2.80. The monoisotopic (exact) mass is 256 g/mol. The number of aliphatic carboxylic acids is 1. The maximum Gasteiger partial charge on any atom is 0.316 e. The number of amides is 1. The lowest BCUT2D eigenvalue weighted by atomic mass is 9.80. The van der Waals surface area contributed by atoms with Gasteiger partial charge in [0.15, 0.2) is 0 Å². The summed E-state index contributed by atoms with van der Waals surface area (Å²) in [4.78, 5) is 27.6. The Morgan fingerprint density at radius 2 is 1.72 bits per heavy atom. The number of likely N-dealkylation sites (N-methyl/N-ethyl adjacent to an activating group) is 1. The van der Waals surface area contributed by atoms with E-state index in [1.165, 1.54) is 0 Å². The SMILES string of the molecule is CN1CCCN(C(=O)C(C(=O)O)C(C)(C)C)CC1. The van der Waals surface area contributed by atoms with Gasteiger partial charge in [0.1, 0.15) is 5.92 Å². The average Bonchev–Trinajstić information content (AvgIpc) is 2.39. The molecule has 18 heavy (non-hydrogen) atoms. The van der Waals surface area contributed by atoms with Crippen molar-refractivity contribution in [1.82, 2.24) is 9.80 Å². The lowest BCUT2D eigenvalue weighted by Crippen LogP contribution is -2.46. The van der Waals surface area contributed by atoms with Gasteiger partial charge in [0.2, 0.25) is 5.91 Å². The second kappa shape index (κ2) is 5.69. The molecule has 1 atom stereocenters. The van der Waals surface area contributed by atoms with Gasteiger partial charge >= 0.3 is 5.97 Å². The number of carbonyl (C=O) groups excluding carboxylic acids is 1. The van der Waals surface area contributed by atoms with Crippen LogP contribution in [0.3, 0.4) is 0 Å². The molecule has 1 aliphatic heterocycles. The van der Waals surface area contributed by atoms with Gasteiger partial charge in [-0.3, -0.25) is 9.59 Å². The topological polar surface area (TPSA) is 60.9 Å². The van der Waals surface area contributed by atoms with Gasteiger partial charge in [0, 0.05) is 19.6 Å². The number of hydrogen-bond acceptors (Lipinski definition) is 3. The molecule has 0 aromatic heterocycles. The zero-order valence-corrected chi connectivity index (χ0v) is 11.8. The predicted octanol–water partition coefficient (Wildman–Crippen LogP) is 0.897. The maximum absolute atomic E-state index is 12.4. The summed E-state index contributed by atoms with van der Waals surface area (Å²) in [5, 5.41) is 9.27. The quantitative estimate of drug-likeness (QED) is 0.746. The molecule has 0 bridgehead atoms. The van der Waals surface area contributed by atoms with Crippen LogP contribution < -0.4 is 0 Å². The van der Waals surface area contributed by atoms with Crippen molar-refractivity contribution in [2.75, 3.05) is 33.2 Å². The molecule has 1 aliphatic rings. The zero-order chi connectivity index (χ0) is 13.9. The molecule has 0 aromatic rings. The van der Waals surface area contributed by atoms with Gasteiger partial charge < -0.3 is 14.9 Å². The Bertz CT molecular complexity index is 323. The van der Waals surface area contributed by atoms with Crippen LogP contribution in [0.1, 0.15) is 27.2 Å². The summed E-state index contributed by atoms with van der Waals surface area (Å²) < 4.78 is 0. The van der Waals surface area contributed by atoms with E-state index in [2.05, 4.69) is 4.90 Å². The molecule has 1 unspecified atom stereocenters. The highest BCUT2D eigenvalue weighted by Gasteiger charge is 2.40. The Morgan fingerprint density at radius 1 is 1.11 bits per heavy atom. The third-order valence-corrected chi connectivity index (χ3v) is 3.39. The Kier molecular flexibility index (Phi) is 4.73. The van der Waals surface area contributed by atoms with Crippen molar-refractivity contribution in [2.45, 2.75) is 27.2 Å². The van der Waals surface area contributed by atoms with E-state index in [9.17, 15) is 14.7 Å². The predicted molar refractivity (Wildman–Crippen MR) is 69.3 cm³/mol. The second-order valence-corrected chi connectivity index (χ2v) is 6.12. The lowest BCUT2D eigenvalue weighted by molar-refractivity contribution is -0.156. The smallest absolute Gasteiger partial charge is 0.316 e. The maximum atomic E-state index is 12.4. The summed E-state index contributed by atoms with van der Waals surface area (Å²) >= 11 is 0. The van der Waals surface area contributed by atoms with E-state index in [0.717, 1.165) is 19.5 Å². The Hall–Kier alpha value is -1.10. The molecular weight excluding hydrogens is 232 g/mol. The van der Waals surface area contributed by atoms with Gasteiger partial charge in [-0.25, -0.2) is 0 Å². The van der Waals surface area contributed by atoms with E-state index < -0.39 is 17.3 Å². The zero-order valence-electron chi connectivity index (χ0n) is 11.8. The fourth-order valence-electron chi connectivity index (χ4n) is 2.30. The highest BCUT2D eigenvalue weighted by Crippen LogP contribution is 2.28. The van der Waals surface area contributed by atoms with E-state index in [1.54, 1.807) is 25.7 Å². The second-order valence-electron chi connectivity index (χ2n) is 6.12. The molecule has 5 heteroatoms. The van der Waals surface area contributed by atoms with Crippen molar-refractivity contribution in [3.63, 3.8) is 0 Å². The molecule has 1 saturated heterocycles.